The topological polar surface area (TPSA) is 57.5 Å². The van der Waals surface area contributed by atoms with Crippen LogP contribution in [0.5, 0.6) is 5.75 Å². The van der Waals surface area contributed by atoms with Gasteiger partial charge >= 0.3 is 5.97 Å². The highest BCUT2D eigenvalue weighted by atomic mass is 32.2. The molecule has 19 heavy (non-hydrogen) atoms. The lowest BCUT2D eigenvalue weighted by atomic mass is 10.1. The molecule has 0 heterocycles. The SMILES string of the molecule is CCc1cc(C(=O)O)ccc1Sc1ccc(O)cc1. The van der Waals surface area contributed by atoms with E-state index in [0.717, 1.165) is 21.8 Å². The molecule has 0 bridgehead atoms. The molecule has 4 heteroatoms. The normalized spacial score (nSPS) is 10.4. The molecule has 2 aromatic rings. The monoisotopic (exact) mass is 274 g/mol. The molecule has 0 amide bonds. The zero-order valence-electron chi connectivity index (χ0n) is 10.5. The summed E-state index contributed by atoms with van der Waals surface area (Å²) in [7, 11) is 0. The first-order chi connectivity index (χ1) is 9.10. The standard InChI is InChI=1S/C15H14O3S/c1-2-10-9-11(15(17)18)3-8-14(10)19-13-6-4-12(16)5-7-13/h3-9,16H,2H2,1H3,(H,17,18). The number of carboxylic acid groups (broad SMARTS) is 1. The van der Waals surface area contributed by atoms with Gasteiger partial charge in [-0.05, 0) is 54.4 Å². The van der Waals surface area contributed by atoms with Crippen LogP contribution >= 0.6 is 11.8 Å². The number of carboxylic acids is 1. The van der Waals surface area contributed by atoms with Crippen LogP contribution in [0.25, 0.3) is 0 Å². The Hall–Kier alpha value is -1.94. The van der Waals surface area contributed by atoms with Crippen molar-refractivity contribution < 1.29 is 15.0 Å². The molecule has 0 saturated carbocycles. The van der Waals surface area contributed by atoms with Crippen LogP contribution in [-0.4, -0.2) is 16.2 Å². The predicted molar refractivity (Wildman–Crippen MR) is 75.0 cm³/mol. The van der Waals surface area contributed by atoms with Crippen molar-refractivity contribution in [2.45, 2.75) is 23.1 Å². The minimum absolute atomic E-state index is 0.237. The van der Waals surface area contributed by atoms with Gasteiger partial charge in [0.1, 0.15) is 5.75 Å². The van der Waals surface area contributed by atoms with Crippen molar-refractivity contribution in [1.82, 2.24) is 0 Å². The molecule has 0 radical (unpaired) electrons. The second kappa shape index (κ2) is 5.80. The zero-order valence-corrected chi connectivity index (χ0v) is 11.3. The van der Waals surface area contributed by atoms with E-state index in [1.54, 1.807) is 36.0 Å². The van der Waals surface area contributed by atoms with Crippen molar-refractivity contribution in [3.05, 3.63) is 53.6 Å². The molecule has 2 rings (SSSR count). The van der Waals surface area contributed by atoms with Crippen LogP contribution in [-0.2, 0) is 6.42 Å². The van der Waals surface area contributed by atoms with E-state index in [-0.39, 0.29) is 5.75 Å². The van der Waals surface area contributed by atoms with Crippen molar-refractivity contribution in [1.29, 1.82) is 0 Å². The van der Waals surface area contributed by atoms with Gasteiger partial charge in [-0.2, -0.15) is 0 Å². The summed E-state index contributed by atoms with van der Waals surface area (Å²) in [5.41, 5.74) is 1.32. The van der Waals surface area contributed by atoms with Crippen LogP contribution in [0.3, 0.4) is 0 Å². The molecule has 2 N–H and O–H groups in total. The number of phenols is 1. The average molecular weight is 274 g/mol. The summed E-state index contributed by atoms with van der Waals surface area (Å²) in [6, 6.07) is 12.1. The van der Waals surface area contributed by atoms with E-state index in [2.05, 4.69) is 0 Å². The minimum Gasteiger partial charge on any atom is -0.508 e. The van der Waals surface area contributed by atoms with Gasteiger partial charge in [0.25, 0.3) is 0 Å². The van der Waals surface area contributed by atoms with Gasteiger partial charge in [-0.15, -0.1) is 0 Å². The van der Waals surface area contributed by atoms with Crippen molar-refractivity contribution in [3.8, 4) is 5.75 Å². The molecule has 0 saturated heterocycles. The van der Waals surface area contributed by atoms with Gasteiger partial charge in [-0.25, -0.2) is 4.79 Å². The number of rotatable bonds is 4. The van der Waals surface area contributed by atoms with Crippen LogP contribution in [0, 0.1) is 0 Å². The number of benzene rings is 2. The van der Waals surface area contributed by atoms with Gasteiger partial charge < -0.3 is 10.2 Å². The number of hydrogen-bond donors (Lipinski definition) is 2. The van der Waals surface area contributed by atoms with Crippen LogP contribution < -0.4 is 0 Å². The van der Waals surface area contributed by atoms with Crippen LogP contribution in [0.15, 0.2) is 52.3 Å². The predicted octanol–water partition coefficient (Wildman–Crippen LogP) is 3.80. The quantitative estimate of drug-likeness (QED) is 0.890. The lowest BCUT2D eigenvalue weighted by Crippen LogP contribution is -1.98. The second-order valence-corrected chi connectivity index (χ2v) is 5.19. The Morgan fingerprint density at radius 2 is 1.84 bits per heavy atom. The molecule has 98 valence electrons. The summed E-state index contributed by atoms with van der Waals surface area (Å²) < 4.78 is 0. The highest BCUT2D eigenvalue weighted by molar-refractivity contribution is 7.99. The van der Waals surface area contributed by atoms with Crippen molar-refractivity contribution in [3.63, 3.8) is 0 Å². The van der Waals surface area contributed by atoms with Gasteiger partial charge in [0.15, 0.2) is 0 Å². The van der Waals surface area contributed by atoms with Gasteiger partial charge in [0.2, 0.25) is 0 Å². The maximum Gasteiger partial charge on any atom is 0.335 e. The van der Waals surface area contributed by atoms with Gasteiger partial charge in [-0.3, -0.25) is 0 Å². The Kier molecular flexibility index (Phi) is 4.12. The van der Waals surface area contributed by atoms with Crippen molar-refractivity contribution in [2.75, 3.05) is 0 Å². The molecule has 0 fully saturated rings. The Morgan fingerprint density at radius 1 is 1.16 bits per heavy atom. The summed E-state index contributed by atoms with van der Waals surface area (Å²) in [5, 5.41) is 18.2. The molecule has 0 aliphatic rings. The van der Waals surface area contributed by atoms with E-state index in [1.165, 1.54) is 0 Å². The summed E-state index contributed by atoms with van der Waals surface area (Å²) in [6.07, 6.45) is 0.779. The van der Waals surface area contributed by atoms with E-state index in [9.17, 15) is 9.90 Å². The number of carbonyl (C=O) groups is 1. The molecule has 0 unspecified atom stereocenters. The molecular formula is C15H14O3S. The van der Waals surface area contributed by atoms with E-state index < -0.39 is 5.97 Å². The van der Waals surface area contributed by atoms with Crippen LogP contribution in [0.2, 0.25) is 0 Å². The van der Waals surface area contributed by atoms with Crippen molar-refractivity contribution in [2.24, 2.45) is 0 Å². The third kappa shape index (κ3) is 3.29. The fourth-order valence-electron chi connectivity index (χ4n) is 1.73. The number of aromatic hydroxyl groups is 1. The molecule has 3 nitrogen and oxygen atoms in total. The third-order valence-electron chi connectivity index (χ3n) is 2.75. The molecule has 0 atom stereocenters. The van der Waals surface area contributed by atoms with E-state index >= 15 is 0 Å². The van der Waals surface area contributed by atoms with E-state index in [1.807, 2.05) is 25.1 Å². The number of phenolic OH excluding ortho intramolecular Hbond substituents is 1. The summed E-state index contributed by atoms with van der Waals surface area (Å²) >= 11 is 1.56. The number of aryl methyl sites for hydroxylation is 1. The lowest BCUT2D eigenvalue weighted by Gasteiger charge is -2.08. The molecule has 0 aliphatic heterocycles. The number of hydrogen-bond acceptors (Lipinski definition) is 3. The largest absolute Gasteiger partial charge is 0.508 e. The maximum atomic E-state index is 10.9. The Labute approximate surface area is 115 Å². The number of aromatic carboxylic acids is 1. The molecule has 0 aromatic heterocycles. The lowest BCUT2D eigenvalue weighted by molar-refractivity contribution is 0.0696. The van der Waals surface area contributed by atoms with Crippen LogP contribution in [0.4, 0.5) is 0 Å². The first-order valence-corrected chi connectivity index (χ1v) is 6.75. The molecular weight excluding hydrogens is 260 g/mol. The highest BCUT2D eigenvalue weighted by Crippen LogP contribution is 2.32. The van der Waals surface area contributed by atoms with Crippen LogP contribution in [0.1, 0.15) is 22.8 Å². The van der Waals surface area contributed by atoms with E-state index in [4.69, 9.17) is 5.11 Å². The average Bonchev–Trinajstić information content (AvgIpc) is 2.41. The fourth-order valence-corrected chi connectivity index (χ4v) is 2.73. The summed E-state index contributed by atoms with van der Waals surface area (Å²) in [4.78, 5) is 13.0. The van der Waals surface area contributed by atoms with E-state index in [0.29, 0.717) is 5.56 Å². The maximum absolute atomic E-state index is 10.9. The van der Waals surface area contributed by atoms with Crippen molar-refractivity contribution >= 4 is 17.7 Å². The smallest absolute Gasteiger partial charge is 0.335 e. The zero-order chi connectivity index (χ0) is 13.8. The van der Waals surface area contributed by atoms with Gasteiger partial charge in [0, 0.05) is 9.79 Å². The molecule has 2 aromatic carbocycles. The van der Waals surface area contributed by atoms with Gasteiger partial charge in [-0.1, -0.05) is 18.7 Å². The Morgan fingerprint density at radius 3 is 2.42 bits per heavy atom. The Balaban J connectivity index is 2.29. The first kappa shape index (κ1) is 13.5. The highest BCUT2D eigenvalue weighted by Gasteiger charge is 2.08. The first-order valence-electron chi connectivity index (χ1n) is 5.93. The molecule has 0 aliphatic carbocycles. The Bertz CT molecular complexity index is 591. The third-order valence-corrected chi connectivity index (χ3v) is 3.88. The minimum atomic E-state index is -0.907. The fraction of sp³-hybridized carbons (Fsp3) is 0.133. The summed E-state index contributed by atoms with van der Waals surface area (Å²) in [5.74, 6) is -0.669. The molecule has 0 spiro atoms. The second-order valence-electron chi connectivity index (χ2n) is 4.08. The summed E-state index contributed by atoms with van der Waals surface area (Å²) in [6.45, 7) is 2.00. The van der Waals surface area contributed by atoms with Gasteiger partial charge in [0.05, 0.1) is 5.56 Å².